The van der Waals surface area contributed by atoms with Crippen molar-refractivity contribution in [2.24, 2.45) is 17.8 Å². The molecule has 2 aliphatic heterocycles. The van der Waals surface area contributed by atoms with Crippen molar-refractivity contribution in [1.82, 2.24) is 10.2 Å². The van der Waals surface area contributed by atoms with E-state index >= 15 is 0 Å². The standard InChI is InChI=1S/C15H24N2O2/c1-10-5-4-8-16-13(10)9-17-14(18)11-6-2-3-7-12(11)15(17)19/h10-13,16H,2-9H2,1H3. The van der Waals surface area contributed by atoms with Gasteiger partial charge in [-0.05, 0) is 38.1 Å². The third kappa shape index (κ3) is 2.31. The van der Waals surface area contributed by atoms with Gasteiger partial charge in [-0.15, -0.1) is 0 Å². The van der Waals surface area contributed by atoms with Crippen LogP contribution in [0.4, 0.5) is 0 Å². The van der Waals surface area contributed by atoms with E-state index in [1.54, 1.807) is 4.90 Å². The molecule has 0 radical (unpaired) electrons. The summed E-state index contributed by atoms with van der Waals surface area (Å²) in [4.78, 5) is 26.4. The number of likely N-dealkylation sites (tertiary alicyclic amines) is 1. The smallest absolute Gasteiger partial charge is 0.233 e. The molecule has 3 aliphatic rings. The molecule has 0 spiro atoms. The van der Waals surface area contributed by atoms with Crippen LogP contribution in [-0.2, 0) is 9.59 Å². The van der Waals surface area contributed by atoms with Crippen LogP contribution in [0.25, 0.3) is 0 Å². The molecule has 4 atom stereocenters. The summed E-state index contributed by atoms with van der Waals surface area (Å²) in [6.45, 7) is 3.82. The lowest BCUT2D eigenvalue weighted by molar-refractivity contribution is -0.140. The van der Waals surface area contributed by atoms with E-state index in [4.69, 9.17) is 0 Å². The molecule has 0 aromatic heterocycles. The van der Waals surface area contributed by atoms with Crippen molar-refractivity contribution in [1.29, 1.82) is 0 Å². The molecule has 2 heterocycles. The Morgan fingerprint density at radius 1 is 1.05 bits per heavy atom. The minimum Gasteiger partial charge on any atom is -0.312 e. The topological polar surface area (TPSA) is 49.4 Å². The molecule has 1 N–H and O–H groups in total. The molecule has 4 heteroatoms. The molecule has 4 nitrogen and oxygen atoms in total. The summed E-state index contributed by atoms with van der Waals surface area (Å²) >= 11 is 0. The van der Waals surface area contributed by atoms with Crippen molar-refractivity contribution >= 4 is 11.8 Å². The number of amides is 2. The van der Waals surface area contributed by atoms with Gasteiger partial charge < -0.3 is 5.32 Å². The first-order chi connectivity index (χ1) is 9.18. The average molecular weight is 264 g/mol. The molecule has 2 saturated heterocycles. The van der Waals surface area contributed by atoms with Crippen LogP contribution in [0.3, 0.4) is 0 Å². The summed E-state index contributed by atoms with van der Waals surface area (Å²) in [5.41, 5.74) is 0. The number of carbonyl (C=O) groups excluding carboxylic acids is 2. The third-order valence-electron chi connectivity index (χ3n) is 5.24. The lowest BCUT2D eigenvalue weighted by atomic mass is 9.81. The monoisotopic (exact) mass is 264 g/mol. The van der Waals surface area contributed by atoms with Crippen LogP contribution in [0.2, 0.25) is 0 Å². The summed E-state index contributed by atoms with van der Waals surface area (Å²) in [5, 5.41) is 3.47. The van der Waals surface area contributed by atoms with E-state index in [0.717, 1.165) is 32.2 Å². The van der Waals surface area contributed by atoms with Crippen molar-refractivity contribution in [2.75, 3.05) is 13.1 Å². The summed E-state index contributed by atoms with van der Waals surface area (Å²) < 4.78 is 0. The normalized spacial score (nSPS) is 39.5. The van der Waals surface area contributed by atoms with Crippen molar-refractivity contribution < 1.29 is 9.59 Å². The highest BCUT2D eigenvalue weighted by Crippen LogP contribution is 2.38. The van der Waals surface area contributed by atoms with Gasteiger partial charge in [-0.2, -0.15) is 0 Å². The SMILES string of the molecule is CC1CCCNC1CN1C(=O)C2CCCCC2C1=O. The molecular formula is C15H24N2O2. The first kappa shape index (κ1) is 13.1. The van der Waals surface area contributed by atoms with E-state index in [1.165, 1.54) is 12.8 Å². The highest BCUT2D eigenvalue weighted by Gasteiger charge is 2.48. The van der Waals surface area contributed by atoms with Gasteiger partial charge in [-0.1, -0.05) is 19.8 Å². The van der Waals surface area contributed by atoms with Gasteiger partial charge in [0.05, 0.1) is 11.8 Å². The number of nitrogens with one attached hydrogen (secondary N) is 1. The molecule has 3 fully saturated rings. The van der Waals surface area contributed by atoms with Gasteiger partial charge in [0.2, 0.25) is 11.8 Å². The maximum atomic E-state index is 12.4. The quantitative estimate of drug-likeness (QED) is 0.770. The van der Waals surface area contributed by atoms with Gasteiger partial charge in [-0.25, -0.2) is 0 Å². The third-order valence-corrected chi connectivity index (χ3v) is 5.24. The van der Waals surface area contributed by atoms with Crippen LogP contribution in [-0.4, -0.2) is 35.8 Å². The molecule has 106 valence electrons. The maximum Gasteiger partial charge on any atom is 0.233 e. The lowest BCUT2D eigenvalue weighted by Crippen LogP contribution is -2.49. The van der Waals surface area contributed by atoms with Gasteiger partial charge in [0.15, 0.2) is 0 Å². The minimum atomic E-state index is 0.000136. The van der Waals surface area contributed by atoms with E-state index in [2.05, 4.69) is 12.2 Å². The van der Waals surface area contributed by atoms with Crippen LogP contribution in [0.5, 0.6) is 0 Å². The second-order valence-electron chi connectivity index (χ2n) is 6.46. The Balaban J connectivity index is 1.70. The Morgan fingerprint density at radius 3 is 2.26 bits per heavy atom. The molecule has 4 unspecified atom stereocenters. The number of hydrogen-bond donors (Lipinski definition) is 1. The lowest BCUT2D eigenvalue weighted by Gasteiger charge is -2.32. The van der Waals surface area contributed by atoms with Crippen molar-refractivity contribution in [2.45, 2.75) is 51.5 Å². The van der Waals surface area contributed by atoms with Crippen molar-refractivity contribution in [3.63, 3.8) is 0 Å². The largest absolute Gasteiger partial charge is 0.312 e. The fourth-order valence-electron chi connectivity index (χ4n) is 3.97. The highest BCUT2D eigenvalue weighted by molar-refractivity contribution is 6.05. The average Bonchev–Trinajstić information content (AvgIpc) is 2.67. The van der Waals surface area contributed by atoms with Crippen LogP contribution in [0, 0.1) is 17.8 Å². The van der Waals surface area contributed by atoms with Gasteiger partial charge in [0.25, 0.3) is 0 Å². The molecule has 0 aromatic rings. The second kappa shape index (κ2) is 5.23. The number of hydrogen-bond acceptors (Lipinski definition) is 3. The van der Waals surface area contributed by atoms with Crippen LogP contribution in [0.1, 0.15) is 45.4 Å². The zero-order valence-corrected chi connectivity index (χ0v) is 11.7. The molecule has 3 rings (SSSR count). The fraction of sp³-hybridized carbons (Fsp3) is 0.867. The summed E-state index contributed by atoms with van der Waals surface area (Å²) in [5.74, 6) is 0.765. The van der Waals surface area contributed by atoms with Gasteiger partial charge in [0.1, 0.15) is 0 Å². The van der Waals surface area contributed by atoms with E-state index in [0.29, 0.717) is 18.5 Å². The molecule has 0 bridgehead atoms. The predicted molar refractivity (Wildman–Crippen MR) is 72.4 cm³/mol. The Bertz CT molecular complexity index is 358. The van der Waals surface area contributed by atoms with Crippen molar-refractivity contribution in [3.8, 4) is 0 Å². The number of carbonyl (C=O) groups is 2. The Morgan fingerprint density at radius 2 is 1.68 bits per heavy atom. The summed E-state index contributed by atoms with van der Waals surface area (Å²) in [6, 6.07) is 0.293. The van der Waals surface area contributed by atoms with Gasteiger partial charge in [0, 0.05) is 12.6 Å². The summed E-state index contributed by atoms with van der Waals surface area (Å²) in [7, 11) is 0. The first-order valence-corrected chi connectivity index (χ1v) is 7.77. The molecule has 0 aromatic carbocycles. The Hall–Kier alpha value is -0.900. The number of piperidine rings is 1. The second-order valence-corrected chi connectivity index (χ2v) is 6.46. The fourth-order valence-corrected chi connectivity index (χ4v) is 3.97. The van der Waals surface area contributed by atoms with E-state index in [-0.39, 0.29) is 23.7 Å². The number of fused-ring (bicyclic) bond motifs is 1. The zero-order valence-electron chi connectivity index (χ0n) is 11.7. The Kier molecular flexibility index (Phi) is 3.61. The molecule has 19 heavy (non-hydrogen) atoms. The van der Waals surface area contributed by atoms with Gasteiger partial charge in [-0.3, -0.25) is 14.5 Å². The number of rotatable bonds is 2. The molecule has 1 aliphatic carbocycles. The number of imide groups is 1. The first-order valence-electron chi connectivity index (χ1n) is 7.77. The summed E-state index contributed by atoms with van der Waals surface area (Å²) in [6.07, 6.45) is 6.43. The van der Waals surface area contributed by atoms with E-state index in [9.17, 15) is 9.59 Å². The van der Waals surface area contributed by atoms with Gasteiger partial charge >= 0.3 is 0 Å². The van der Waals surface area contributed by atoms with Crippen LogP contribution >= 0.6 is 0 Å². The van der Waals surface area contributed by atoms with E-state index < -0.39 is 0 Å². The zero-order chi connectivity index (χ0) is 13.4. The highest BCUT2D eigenvalue weighted by atomic mass is 16.2. The molecule has 2 amide bonds. The van der Waals surface area contributed by atoms with Crippen molar-refractivity contribution in [3.05, 3.63) is 0 Å². The molecule has 1 saturated carbocycles. The maximum absolute atomic E-state index is 12.4. The van der Waals surface area contributed by atoms with Crippen LogP contribution < -0.4 is 5.32 Å². The van der Waals surface area contributed by atoms with Crippen LogP contribution in [0.15, 0.2) is 0 Å². The minimum absolute atomic E-state index is 0.000136. The molecular weight excluding hydrogens is 240 g/mol. The predicted octanol–water partition coefficient (Wildman–Crippen LogP) is 1.55. The van der Waals surface area contributed by atoms with E-state index in [1.807, 2.05) is 0 Å². The number of nitrogens with zero attached hydrogens (tertiary/aromatic N) is 1. The Labute approximate surface area is 114 Å².